The van der Waals surface area contributed by atoms with Gasteiger partial charge in [-0.25, -0.2) is 9.97 Å². The number of carbonyl (C=O) groups excluding carboxylic acids is 1. The van der Waals surface area contributed by atoms with E-state index in [1.54, 1.807) is 16.7 Å². The van der Waals surface area contributed by atoms with Gasteiger partial charge in [-0.1, -0.05) is 17.7 Å². The number of halogens is 4. The molecular weight excluding hydrogens is 499 g/mol. The molecule has 0 bridgehead atoms. The number of aryl methyl sites for hydroxylation is 1. The van der Waals surface area contributed by atoms with Crippen molar-refractivity contribution in [3.05, 3.63) is 46.6 Å². The van der Waals surface area contributed by atoms with Crippen molar-refractivity contribution in [2.24, 2.45) is 5.92 Å². The number of hydrogen-bond acceptors (Lipinski definition) is 6. The van der Waals surface area contributed by atoms with Crippen molar-refractivity contribution in [2.75, 3.05) is 31.2 Å². The molecule has 8 nitrogen and oxygen atoms in total. The number of aromatic nitrogens is 3. The fourth-order valence-electron chi connectivity index (χ4n) is 4.66. The van der Waals surface area contributed by atoms with Crippen LogP contribution in [0.15, 0.2) is 30.3 Å². The Hall–Kier alpha value is -2.89. The summed E-state index contributed by atoms with van der Waals surface area (Å²) in [6.07, 6.45) is -4.27. The zero-order chi connectivity index (χ0) is 25.6. The summed E-state index contributed by atoms with van der Waals surface area (Å²) in [6.45, 7) is 3.25. The fourth-order valence-corrected chi connectivity index (χ4v) is 4.81. The van der Waals surface area contributed by atoms with E-state index >= 15 is 0 Å². The van der Waals surface area contributed by atoms with Gasteiger partial charge in [0.25, 0.3) is 0 Å². The molecule has 2 aromatic heterocycles. The number of pyridine rings is 1. The monoisotopic (exact) mass is 523 g/mol. The summed E-state index contributed by atoms with van der Waals surface area (Å²) >= 11 is 6.35. The smallest absolute Gasteiger partial charge is 0.388 e. The minimum absolute atomic E-state index is 0.0809. The van der Waals surface area contributed by atoms with Crippen LogP contribution >= 0.6 is 11.6 Å². The molecule has 0 saturated carbocycles. The number of hydrogen-bond donors (Lipinski definition) is 2. The van der Waals surface area contributed by atoms with Gasteiger partial charge in [0, 0.05) is 24.0 Å². The Morgan fingerprint density at radius 3 is 2.61 bits per heavy atom. The van der Waals surface area contributed by atoms with Crippen molar-refractivity contribution in [3.8, 4) is 5.82 Å². The first kappa shape index (κ1) is 24.8. The number of anilines is 1. The third kappa shape index (κ3) is 4.74. The third-order valence-corrected chi connectivity index (χ3v) is 7.11. The molecule has 36 heavy (non-hydrogen) atoms. The molecule has 1 amide bonds. The van der Waals surface area contributed by atoms with Crippen molar-refractivity contribution in [1.82, 2.24) is 19.9 Å². The first-order chi connectivity index (χ1) is 17.1. The molecule has 2 N–H and O–H groups in total. The molecular formula is C24H25ClF3N5O3. The predicted octanol–water partition coefficient (Wildman–Crippen LogP) is 3.49. The van der Waals surface area contributed by atoms with Crippen molar-refractivity contribution in [2.45, 2.75) is 38.1 Å². The van der Waals surface area contributed by atoms with Crippen LogP contribution in [0.4, 0.5) is 19.1 Å². The van der Waals surface area contributed by atoms with Crippen LogP contribution in [0.3, 0.4) is 0 Å². The number of ether oxygens (including phenoxy) is 1. The number of carbonyl (C=O) groups is 1. The standard InChI is InChI=1S/C24H25ClF3N5O3/c1-13-9-16-18(10-15(13)25)33(21-4-2-3-20(31-21)24(26,27)28)23(30-16)32-7-5-14(6-8-32)22(35)29-17-11-36-12-19(17)34/h2-4,9-10,14,17,19,34H,5-8,11-12H2,1H3,(H,29,35). The molecule has 3 aromatic rings. The van der Waals surface area contributed by atoms with E-state index in [9.17, 15) is 23.1 Å². The van der Waals surface area contributed by atoms with Gasteiger partial charge in [0.1, 0.15) is 11.5 Å². The highest BCUT2D eigenvalue weighted by molar-refractivity contribution is 6.32. The Morgan fingerprint density at radius 1 is 1.19 bits per heavy atom. The molecule has 12 heteroatoms. The summed E-state index contributed by atoms with van der Waals surface area (Å²) in [6, 6.07) is 6.80. The topological polar surface area (TPSA) is 92.5 Å². The quantitative estimate of drug-likeness (QED) is 0.544. The molecule has 0 radical (unpaired) electrons. The molecule has 0 aliphatic carbocycles. The second-order valence-corrected chi connectivity index (χ2v) is 9.60. The minimum Gasteiger partial charge on any atom is -0.388 e. The maximum atomic E-state index is 13.4. The van der Waals surface area contributed by atoms with E-state index in [1.807, 2.05) is 11.8 Å². The van der Waals surface area contributed by atoms with E-state index < -0.39 is 24.0 Å². The van der Waals surface area contributed by atoms with Crippen molar-refractivity contribution >= 4 is 34.5 Å². The number of amides is 1. The van der Waals surface area contributed by atoms with Crippen LogP contribution in [0.25, 0.3) is 16.9 Å². The van der Waals surface area contributed by atoms with Crippen molar-refractivity contribution in [3.63, 3.8) is 0 Å². The number of fused-ring (bicyclic) bond motifs is 1. The number of piperidine rings is 1. The molecule has 2 aliphatic heterocycles. The molecule has 2 fully saturated rings. The number of nitrogens with zero attached hydrogens (tertiary/aromatic N) is 4. The Labute approximate surface area is 210 Å². The van der Waals surface area contributed by atoms with E-state index in [1.165, 1.54) is 12.1 Å². The fraction of sp³-hybridized carbons (Fsp3) is 0.458. The highest BCUT2D eigenvalue weighted by Gasteiger charge is 2.35. The molecule has 2 aliphatic rings. The lowest BCUT2D eigenvalue weighted by Crippen LogP contribution is -2.48. The van der Waals surface area contributed by atoms with Gasteiger partial charge in [-0.2, -0.15) is 13.2 Å². The summed E-state index contributed by atoms with van der Waals surface area (Å²) in [4.78, 5) is 23.3. The number of imidazole rings is 1. The Balaban J connectivity index is 1.44. The average Bonchev–Trinajstić information content (AvgIpc) is 3.42. The second kappa shape index (κ2) is 9.53. The van der Waals surface area contributed by atoms with Gasteiger partial charge in [0.15, 0.2) is 0 Å². The normalized spacial score (nSPS) is 21.3. The number of benzene rings is 1. The van der Waals surface area contributed by atoms with Gasteiger partial charge in [-0.05, 0) is 49.6 Å². The third-order valence-electron chi connectivity index (χ3n) is 6.70. The SMILES string of the molecule is Cc1cc2nc(N3CCC(C(=O)NC4COCC4O)CC3)n(-c3cccc(C(F)(F)F)n3)c2cc1Cl. The second-order valence-electron chi connectivity index (χ2n) is 9.20. The predicted molar refractivity (Wildman–Crippen MR) is 127 cm³/mol. The number of aliphatic hydroxyl groups is 1. The van der Waals surface area contributed by atoms with Gasteiger partial charge in [0.05, 0.1) is 36.4 Å². The van der Waals surface area contributed by atoms with Crippen LogP contribution in [0.2, 0.25) is 5.02 Å². The highest BCUT2D eigenvalue weighted by Crippen LogP contribution is 2.34. The van der Waals surface area contributed by atoms with E-state index in [2.05, 4.69) is 10.3 Å². The van der Waals surface area contributed by atoms with E-state index in [-0.39, 0.29) is 30.9 Å². The molecule has 2 unspecified atom stereocenters. The van der Waals surface area contributed by atoms with Crippen LogP contribution < -0.4 is 10.2 Å². The van der Waals surface area contributed by atoms with Gasteiger partial charge in [0.2, 0.25) is 11.9 Å². The summed E-state index contributed by atoms with van der Waals surface area (Å²) in [5.74, 6) is 0.129. The van der Waals surface area contributed by atoms with Crippen LogP contribution in [0.5, 0.6) is 0 Å². The molecule has 2 atom stereocenters. The summed E-state index contributed by atoms with van der Waals surface area (Å²) in [5.41, 5.74) is 0.925. The van der Waals surface area contributed by atoms with Gasteiger partial charge >= 0.3 is 6.18 Å². The summed E-state index contributed by atoms with van der Waals surface area (Å²) in [5, 5.41) is 13.2. The summed E-state index contributed by atoms with van der Waals surface area (Å²) < 4.78 is 47.0. The molecule has 2 saturated heterocycles. The Bertz CT molecular complexity index is 1290. The van der Waals surface area contributed by atoms with Gasteiger partial charge in [-0.3, -0.25) is 9.36 Å². The molecule has 1 aromatic carbocycles. The maximum absolute atomic E-state index is 13.4. The van der Waals surface area contributed by atoms with Crippen LogP contribution in [-0.2, 0) is 15.7 Å². The molecule has 0 spiro atoms. The van der Waals surface area contributed by atoms with Gasteiger partial charge < -0.3 is 20.1 Å². The van der Waals surface area contributed by atoms with E-state index in [0.29, 0.717) is 47.9 Å². The Morgan fingerprint density at radius 2 is 1.94 bits per heavy atom. The molecule has 5 rings (SSSR count). The number of rotatable bonds is 4. The zero-order valence-corrected chi connectivity index (χ0v) is 20.2. The highest BCUT2D eigenvalue weighted by atomic mass is 35.5. The number of nitrogens with one attached hydrogen (secondary N) is 1. The van der Waals surface area contributed by atoms with Crippen molar-refractivity contribution < 1.29 is 27.8 Å². The van der Waals surface area contributed by atoms with Crippen LogP contribution in [0.1, 0.15) is 24.1 Å². The largest absolute Gasteiger partial charge is 0.433 e. The van der Waals surface area contributed by atoms with E-state index in [0.717, 1.165) is 11.6 Å². The average molecular weight is 524 g/mol. The number of alkyl halides is 3. The lowest BCUT2D eigenvalue weighted by molar-refractivity contribution is -0.141. The Kier molecular flexibility index (Phi) is 6.56. The first-order valence-corrected chi connectivity index (χ1v) is 12.0. The van der Waals surface area contributed by atoms with Crippen LogP contribution in [-0.4, -0.2) is 64.0 Å². The van der Waals surface area contributed by atoms with Gasteiger partial charge in [-0.15, -0.1) is 0 Å². The van der Waals surface area contributed by atoms with Crippen LogP contribution in [0, 0.1) is 12.8 Å². The lowest BCUT2D eigenvalue weighted by Gasteiger charge is -2.33. The number of aliphatic hydroxyl groups excluding tert-OH is 1. The maximum Gasteiger partial charge on any atom is 0.433 e. The zero-order valence-electron chi connectivity index (χ0n) is 19.4. The summed E-state index contributed by atoms with van der Waals surface area (Å²) in [7, 11) is 0. The van der Waals surface area contributed by atoms with Crippen molar-refractivity contribution in [1.29, 1.82) is 0 Å². The lowest BCUT2D eigenvalue weighted by atomic mass is 9.95. The van der Waals surface area contributed by atoms with E-state index in [4.69, 9.17) is 21.3 Å². The molecule has 4 heterocycles. The first-order valence-electron chi connectivity index (χ1n) is 11.7. The minimum atomic E-state index is -4.59. The molecule has 192 valence electrons.